The average molecular weight is 276 g/mol. The normalized spacial score (nSPS) is 11.4. The van der Waals surface area contributed by atoms with Crippen LogP contribution in [-0.4, -0.2) is 31.3 Å². The smallest absolute Gasteiger partial charge is 0.0964 e. The van der Waals surface area contributed by atoms with Crippen molar-refractivity contribution in [2.45, 2.75) is 40.3 Å². The number of aromatic nitrogens is 5. The van der Waals surface area contributed by atoms with Crippen LogP contribution in [0.25, 0.3) is 0 Å². The van der Waals surface area contributed by atoms with Crippen molar-refractivity contribution < 1.29 is 0 Å². The maximum Gasteiger partial charge on any atom is 0.0964 e. The first-order valence-corrected chi connectivity index (χ1v) is 7.20. The van der Waals surface area contributed by atoms with Crippen LogP contribution >= 0.6 is 0 Å². The van der Waals surface area contributed by atoms with Gasteiger partial charge in [-0.2, -0.15) is 5.10 Å². The van der Waals surface area contributed by atoms with Gasteiger partial charge in [0, 0.05) is 13.6 Å². The number of nitrogens with one attached hydrogen (secondary N) is 1. The van der Waals surface area contributed by atoms with Crippen LogP contribution in [0.15, 0.2) is 12.3 Å². The van der Waals surface area contributed by atoms with E-state index in [-0.39, 0.29) is 0 Å². The minimum absolute atomic E-state index is 0.645. The van der Waals surface area contributed by atoms with Crippen molar-refractivity contribution in [2.75, 3.05) is 6.54 Å². The van der Waals surface area contributed by atoms with Gasteiger partial charge in [0.2, 0.25) is 0 Å². The third-order valence-electron chi connectivity index (χ3n) is 3.16. The number of aryl methyl sites for hydroxylation is 2. The Kier molecular flexibility index (Phi) is 4.89. The summed E-state index contributed by atoms with van der Waals surface area (Å²) in [5, 5.41) is 16.2. The van der Waals surface area contributed by atoms with Gasteiger partial charge in [0.1, 0.15) is 0 Å². The lowest BCUT2D eigenvalue weighted by Gasteiger charge is -2.04. The Hall–Kier alpha value is -1.69. The average Bonchev–Trinajstić information content (AvgIpc) is 2.97. The fraction of sp³-hybridized carbons (Fsp3) is 0.643. The number of rotatable bonds is 7. The summed E-state index contributed by atoms with van der Waals surface area (Å²) in [7, 11) is 1.97. The predicted octanol–water partition coefficient (Wildman–Crippen LogP) is 1.37. The molecule has 0 bridgehead atoms. The van der Waals surface area contributed by atoms with E-state index in [4.69, 9.17) is 0 Å². The van der Waals surface area contributed by atoms with E-state index >= 15 is 0 Å². The van der Waals surface area contributed by atoms with Crippen molar-refractivity contribution in [1.82, 2.24) is 30.1 Å². The lowest BCUT2D eigenvalue weighted by atomic mass is 10.2. The monoisotopic (exact) mass is 276 g/mol. The molecule has 1 N–H and O–H groups in total. The minimum atomic E-state index is 0.645. The molecule has 0 saturated heterocycles. The van der Waals surface area contributed by atoms with E-state index in [0.717, 1.165) is 36.6 Å². The lowest BCUT2D eigenvalue weighted by molar-refractivity contribution is 0.548. The second-order valence-electron chi connectivity index (χ2n) is 5.54. The number of hydrogen-bond donors (Lipinski definition) is 1. The topological polar surface area (TPSA) is 60.6 Å². The van der Waals surface area contributed by atoms with E-state index in [1.54, 1.807) is 0 Å². The minimum Gasteiger partial charge on any atom is -0.311 e. The fourth-order valence-corrected chi connectivity index (χ4v) is 2.04. The predicted molar refractivity (Wildman–Crippen MR) is 78.3 cm³/mol. The summed E-state index contributed by atoms with van der Waals surface area (Å²) in [5.41, 5.74) is 3.23. The molecule has 2 rings (SSSR count). The summed E-state index contributed by atoms with van der Waals surface area (Å²) in [6, 6.07) is 2.12. The standard InChI is InChI=1S/C14H24N6/c1-5-12-6-14(19(4)17-12)10-20-9-13(16-18-20)8-15-7-11(2)3/h6,9,11,15H,5,7-8,10H2,1-4H3. The van der Waals surface area contributed by atoms with Gasteiger partial charge in [-0.15, -0.1) is 5.10 Å². The van der Waals surface area contributed by atoms with E-state index in [2.05, 4.69) is 47.6 Å². The highest BCUT2D eigenvalue weighted by molar-refractivity contribution is 5.10. The molecule has 0 unspecified atom stereocenters. The summed E-state index contributed by atoms with van der Waals surface area (Å²) in [4.78, 5) is 0. The van der Waals surface area contributed by atoms with E-state index in [0.29, 0.717) is 12.5 Å². The second-order valence-corrected chi connectivity index (χ2v) is 5.54. The molecule has 0 fully saturated rings. The maximum atomic E-state index is 4.44. The van der Waals surface area contributed by atoms with Gasteiger partial charge in [-0.3, -0.25) is 4.68 Å². The molecule has 0 aliphatic heterocycles. The van der Waals surface area contributed by atoms with Crippen LogP contribution in [0.5, 0.6) is 0 Å². The third-order valence-corrected chi connectivity index (χ3v) is 3.16. The first-order chi connectivity index (χ1) is 9.58. The highest BCUT2D eigenvalue weighted by atomic mass is 15.4. The van der Waals surface area contributed by atoms with Crippen LogP contribution in [-0.2, 0) is 26.6 Å². The zero-order valence-corrected chi connectivity index (χ0v) is 12.8. The molecule has 2 aromatic rings. The van der Waals surface area contributed by atoms with Gasteiger partial charge in [-0.1, -0.05) is 26.0 Å². The molecule has 6 heteroatoms. The summed E-state index contributed by atoms with van der Waals surface area (Å²) >= 11 is 0. The molecule has 110 valence electrons. The van der Waals surface area contributed by atoms with Crippen molar-refractivity contribution in [3.8, 4) is 0 Å². The van der Waals surface area contributed by atoms with Crippen molar-refractivity contribution >= 4 is 0 Å². The Bertz CT molecular complexity index is 540. The molecule has 0 radical (unpaired) electrons. The fourth-order valence-electron chi connectivity index (χ4n) is 2.04. The van der Waals surface area contributed by atoms with E-state index < -0.39 is 0 Å². The number of hydrogen-bond acceptors (Lipinski definition) is 4. The molecule has 0 atom stereocenters. The third kappa shape index (κ3) is 3.90. The largest absolute Gasteiger partial charge is 0.311 e. The summed E-state index contributed by atoms with van der Waals surface area (Å²) in [5.74, 6) is 0.645. The SMILES string of the molecule is CCc1cc(Cn2cc(CNCC(C)C)nn2)n(C)n1. The zero-order chi connectivity index (χ0) is 14.5. The summed E-state index contributed by atoms with van der Waals surface area (Å²) in [6.07, 6.45) is 2.95. The van der Waals surface area contributed by atoms with Gasteiger partial charge in [0.05, 0.1) is 29.8 Å². The van der Waals surface area contributed by atoms with Crippen molar-refractivity contribution in [3.63, 3.8) is 0 Å². The number of nitrogens with zero attached hydrogens (tertiary/aromatic N) is 5. The molecular formula is C14H24N6. The van der Waals surface area contributed by atoms with Crippen LogP contribution in [0, 0.1) is 5.92 Å². The molecule has 0 spiro atoms. The molecule has 0 aliphatic carbocycles. The summed E-state index contributed by atoms with van der Waals surface area (Å²) < 4.78 is 3.78. The van der Waals surface area contributed by atoms with Crippen LogP contribution in [0.1, 0.15) is 37.9 Å². The Morgan fingerprint density at radius 1 is 1.30 bits per heavy atom. The van der Waals surface area contributed by atoms with Gasteiger partial charge < -0.3 is 5.32 Å². The molecular weight excluding hydrogens is 252 g/mol. The van der Waals surface area contributed by atoms with E-state index in [1.807, 2.05) is 22.6 Å². The lowest BCUT2D eigenvalue weighted by Crippen LogP contribution is -2.19. The van der Waals surface area contributed by atoms with Crippen LogP contribution in [0.4, 0.5) is 0 Å². The second kappa shape index (κ2) is 6.65. The van der Waals surface area contributed by atoms with Crippen LogP contribution < -0.4 is 5.32 Å². The molecule has 0 aromatic carbocycles. The first kappa shape index (κ1) is 14.7. The van der Waals surface area contributed by atoms with Gasteiger partial charge >= 0.3 is 0 Å². The molecule has 6 nitrogen and oxygen atoms in total. The van der Waals surface area contributed by atoms with E-state index in [9.17, 15) is 0 Å². The Morgan fingerprint density at radius 3 is 2.75 bits per heavy atom. The highest BCUT2D eigenvalue weighted by Crippen LogP contribution is 2.06. The van der Waals surface area contributed by atoms with Gasteiger partial charge in [0.15, 0.2) is 0 Å². The maximum absolute atomic E-state index is 4.44. The zero-order valence-electron chi connectivity index (χ0n) is 12.8. The highest BCUT2D eigenvalue weighted by Gasteiger charge is 2.07. The van der Waals surface area contributed by atoms with Crippen LogP contribution in [0.3, 0.4) is 0 Å². The van der Waals surface area contributed by atoms with E-state index in [1.165, 1.54) is 0 Å². The first-order valence-electron chi connectivity index (χ1n) is 7.20. The molecule has 20 heavy (non-hydrogen) atoms. The van der Waals surface area contributed by atoms with Crippen molar-refractivity contribution in [1.29, 1.82) is 0 Å². The molecule has 0 saturated carbocycles. The molecule has 2 aromatic heterocycles. The van der Waals surface area contributed by atoms with Crippen molar-refractivity contribution in [3.05, 3.63) is 29.3 Å². The Balaban J connectivity index is 1.93. The van der Waals surface area contributed by atoms with Gasteiger partial charge in [0.25, 0.3) is 0 Å². The Morgan fingerprint density at radius 2 is 2.10 bits per heavy atom. The van der Waals surface area contributed by atoms with Gasteiger partial charge in [-0.25, -0.2) is 4.68 Å². The van der Waals surface area contributed by atoms with Crippen LogP contribution in [0.2, 0.25) is 0 Å². The Labute approximate surface area is 120 Å². The molecule has 0 amide bonds. The van der Waals surface area contributed by atoms with Crippen molar-refractivity contribution in [2.24, 2.45) is 13.0 Å². The summed E-state index contributed by atoms with van der Waals surface area (Å²) in [6.45, 7) is 8.97. The molecule has 0 aliphatic rings. The van der Waals surface area contributed by atoms with Gasteiger partial charge in [-0.05, 0) is 24.9 Å². The quantitative estimate of drug-likeness (QED) is 0.829. The molecule has 2 heterocycles.